The summed E-state index contributed by atoms with van der Waals surface area (Å²) in [5.74, 6) is 1.45. The number of hydrogen-bond acceptors (Lipinski definition) is 5. The zero-order valence-electron chi connectivity index (χ0n) is 15.6. The summed E-state index contributed by atoms with van der Waals surface area (Å²) in [6.45, 7) is 4.30. The molecule has 1 aliphatic heterocycles. The predicted molar refractivity (Wildman–Crippen MR) is 104 cm³/mol. The summed E-state index contributed by atoms with van der Waals surface area (Å²) < 4.78 is 5.47. The number of nitrogens with one attached hydrogen (secondary N) is 1. The SMILES string of the molecule is CCC(=O)c1ccc(OCC(=O)NCc2ccc(N3CCCC3)nc2)cc1. The lowest BCUT2D eigenvalue weighted by atomic mass is 10.1. The van der Waals surface area contributed by atoms with Crippen molar-refractivity contribution in [2.75, 3.05) is 24.6 Å². The molecule has 0 aliphatic carbocycles. The van der Waals surface area contributed by atoms with Crippen LogP contribution in [0.25, 0.3) is 0 Å². The number of ether oxygens (including phenoxy) is 1. The van der Waals surface area contributed by atoms with E-state index in [1.165, 1.54) is 12.8 Å². The number of carbonyl (C=O) groups excluding carboxylic acids is 2. The Morgan fingerprint density at radius 3 is 2.48 bits per heavy atom. The number of nitrogens with zero attached hydrogens (tertiary/aromatic N) is 2. The molecule has 0 atom stereocenters. The second-order valence-electron chi connectivity index (χ2n) is 6.59. The topological polar surface area (TPSA) is 71.5 Å². The number of anilines is 1. The number of aromatic nitrogens is 1. The molecule has 0 unspecified atom stereocenters. The quantitative estimate of drug-likeness (QED) is 0.726. The molecule has 6 heteroatoms. The molecule has 6 nitrogen and oxygen atoms in total. The Bertz CT molecular complexity index is 766. The van der Waals surface area contributed by atoms with Gasteiger partial charge < -0.3 is 15.0 Å². The van der Waals surface area contributed by atoms with E-state index >= 15 is 0 Å². The molecular weight excluding hydrogens is 342 g/mol. The monoisotopic (exact) mass is 367 g/mol. The van der Waals surface area contributed by atoms with E-state index in [0.29, 0.717) is 24.3 Å². The Morgan fingerprint density at radius 2 is 1.85 bits per heavy atom. The Kier molecular flexibility index (Phi) is 6.41. The highest BCUT2D eigenvalue weighted by Gasteiger charge is 2.13. The highest BCUT2D eigenvalue weighted by Crippen LogP contribution is 2.17. The van der Waals surface area contributed by atoms with Gasteiger partial charge in [0, 0.05) is 37.8 Å². The lowest BCUT2D eigenvalue weighted by Gasteiger charge is -2.16. The van der Waals surface area contributed by atoms with Crippen molar-refractivity contribution in [3.05, 3.63) is 53.7 Å². The van der Waals surface area contributed by atoms with Gasteiger partial charge in [-0.1, -0.05) is 13.0 Å². The van der Waals surface area contributed by atoms with Crippen molar-refractivity contribution in [3.8, 4) is 5.75 Å². The minimum atomic E-state index is -0.202. The fourth-order valence-corrected chi connectivity index (χ4v) is 3.00. The summed E-state index contributed by atoms with van der Waals surface area (Å²) in [6, 6.07) is 10.8. The lowest BCUT2D eigenvalue weighted by Crippen LogP contribution is -2.28. The summed E-state index contributed by atoms with van der Waals surface area (Å²) in [5.41, 5.74) is 1.60. The van der Waals surface area contributed by atoms with Crippen LogP contribution >= 0.6 is 0 Å². The zero-order chi connectivity index (χ0) is 19.1. The number of ketones is 1. The Morgan fingerprint density at radius 1 is 1.11 bits per heavy atom. The molecule has 2 heterocycles. The molecule has 1 aromatic heterocycles. The molecule has 27 heavy (non-hydrogen) atoms. The molecule has 0 saturated carbocycles. The molecule has 3 rings (SSSR count). The van der Waals surface area contributed by atoms with Crippen LogP contribution in [0.15, 0.2) is 42.6 Å². The van der Waals surface area contributed by atoms with Crippen molar-refractivity contribution in [1.82, 2.24) is 10.3 Å². The van der Waals surface area contributed by atoms with Crippen molar-refractivity contribution in [3.63, 3.8) is 0 Å². The van der Waals surface area contributed by atoms with Crippen LogP contribution in [0.4, 0.5) is 5.82 Å². The van der Waals surface area contributed by atoms with Gasteiger partial charge in [-0.05, 0) is 48.7 Å². The fourth-order valence-electron chi connectivity index (χ4n) is 3.00. The van der Waals surface area contributed by atoms with Crippen molar-refractivity contribution >= 4 is 17.5 Å². The zero-order valence-corrected chi connectivity index (χ0v) is 15.6. The van der Waals surface area contributed by atoms with E-state index in [1.807, 2.05) is 19.1 Å². The van der Waals surface area contributed by atoms with E-state index in [4.69, 9.17) is 4.74 Å². The smallest absolute Gasteiger partial charge is 0.258 e. The number of Topliss-reactive ketones (excluding diaryl/α,β-unsaturated/α-hetero) is 1. The predicted octanol–water partition coefficient (Wildman–Crippen LogP) is 2.97. The maximum absolute atomic E-state index is 12.0. The van der Waals surface area contributed by atoms with Crippen molar-refractivity contribution in [2.45, 2.75) is 32.7 Å². The Balaban J connectivity index is 1.42. The van der Waals surface area contributed by atoms with Gasteiger partial charge in [0.25, 0.3) is 5.91 Å². The summed E-state index contributed by atoms with van der Waals surface area (Å²) in [7, 11) is 0. The van der Waals surface area contributed by atoms with Crippen LogP contribution in [0.1, 0.15) is 42.1 Å². The van der Waals surface area contributed by atoms with Crippen molar-refractivity contribution < 1.29 is 14.3 Å². The first kappa shape index (κ1) is 18.9. The highest BCUT2D eigenvalue weighted by molar-refractivity contribution is 5.95. The molecule has 1 fully saturated rings. The number of hydrogen-bond donors (Lipinski definition) is 1. The Labute approximate surface area is 159 Å². The first-order chi connectivity index (χ1) is 13.2. The summed E-state index contributed by atoms with van der Waals surface area (Å²) >= 11 is 0. The molecule has 1 amide bonds. The van der Waals surface area contributed by atoms with Gasteiger partial charge in [-0.3, -0.25) is 9.59 Å². The second-order valence-corrected chi connectivity index (χ2v) is 6.59. The van der Waals surface area contributed by atoms with Crippen LogP contribution < -0.4 is 15.0 Å². The summed E-state index contributed by atoms with van der Waals surface area (Å²) in [5, 5.41) is 2.83. The first-order valence-electron chi connectivity index (χ1n) is 9.38. The van der Waals surface area contributed by atoms with E-state index in [2.05, 4.69) is 15.2 Å². The molecule has 2 aromatic rings. The van der Waals surface area contributed by atoms with Crippen LogP contribution in [0.2, 0.25) is 0 Å². The standard InChI is InChI=1S/C21H25N3O3/c1-2-19(25)17-6-8-18(9-7-17)27-15-21(26)23-14-16-5-10-20(22-13-16)24-11-3-4-12-24/h5-10,13H,2-4,11-12,14-15H2,1H3,(H,23,26). The van der Waals surface area contributed by atoms with Crippen LogP contribution in [0.5, 0.6) is 5.75 Å². The first-order valence-corrected chi connectivity index (χ1v) is 9.38. The minimum absolute atomic E-state index is 0.0691. The Hall–Kier alpha value is -2.89. The van der Waals surface area contributed by atoms with Gasteiger partial charge in [0.1, 0.15) is 11.6 Å². The minimum Gasteiger partial charge on any atom is -0.484 e. The van der Waals surface area contributed by atoms with Crippen molar-refractivity contribution in [2.24, 2.45) is 0 Å². The molecule has 1 aliphatic rings. The normalized spacial score (nSPS) is 13.4. The van der Waals surface area contributed by atoms with Gasteiger partial charge in [0.2, 0.25) is 0 Å². The van der Waals surface area contributed by atoms with Gasteiger partial charge in [-0.2, -0.15) is 0 Å². The van der Waals surface area contributed by atoms with Crippen LogP contribution in [0, 0.1) is 0 Å². The van der Waals surface area contributed by atoms with E-state index in [1.54, 1.807) is 30.5 Å². The number of benzene rings is 1. The van der Waals surface area contributed by atoms with Crippen LogP contribution in [-0.4, -0.2) is 36.4 Å². The number of carbonyl (C=O) groups is 2. The summed E-state index contributed by atoms with van der Waals surface area (Å²) in [6.07, 6.45) is 4.71. The number of pyridine rings is 1. The van der Waals surface area contributed by atoms with Crippen molar-refractivity contribution in [1.29, 1.82) is 0 Å². The molecule has 0 bridgehead atoms. The fraction of sp³-hybridized carbons (Fsp3) is 0.381. The third kappa shape index (κ3) is 5.29. The number of rotatable bonds is 8. The molecular formula is C21H25N3O3. The van der Waals surface area contributed by atoms with E-state index in [0.717, 1.165) is 24.5 Å². The molecule has 1 N–H and O–H groups in total. The van der Waals surface area contributed by atoms with E-state index < -0.39 is 0 Å². The summed E-state index contributed by atoms with van der Waals surface area (Å²) in [4.78, 5) is 30.3. The third-order valence-corrected chi connectivity index (χ3v) is 4.60. The average molecular weight is 367 g/mol. The maximum atomic E-state index is 12.0. The van der Waals surface area contributed by atoms with Gasteiger partial charge in [-0.25, -0.2) is 4.98 Å². The largest absolute Gasteiger partial charge is 0.484 e. The average Bonchev–Trinajstić information content (AvgIpc) is 3.26. The third-order valence-electron chi connectivity index (χ3n) is 4.60. The number of amides is 1. The van der Waals surface area contributed by atoms with E-state index in [-0.39, 0.29) is 18.3 Å². The molecule has 0 spiro atoms. The van der Waals surface area contributed by atoms with Gasteiger partial charge >= 0.3 is 0 Å². The highest BCUT2D eigenvalue weighted by atomic mass is 16.5. The molecule has 1 aromatic carbocycles. The second kappa shape index (κ2) is 9.16. The van der Waals surface area contributed by atoms with E-state index in [9.17, 15) is 9.59 Å². The van der Waals surface area contributed by atoms with Crippen LogP contribution in [-0.2, 0) is 11.3 Å². The molecule has 0 radical (unpaired) electrons. The lowest BCUT2D eigenvalue weighted by molar-refractivity contribution is -0.123. The van der Waals surface area contributed by atoms with Gasteiger partial charge in [0.15, 0.2) is 12.4 Å². The van der Waals surface area contributed by atoms with Gasteiger partial charge in [-0.15, -0.1) is 0 Å². The molecule has 1 saturated heterocycles. The maximum Gasteiger partial charge on any atom is 0.258 e. The van der Waals surface area contributed by atoms with Crippen LogP contribution in [0.3, 0.4) is 0 Å². The van der Waals surface area contributed by atoms with Gasteiger partial charge in [0.05, 0.1) is 0 Å². The molecule has 142 valence electrons.